The number of benzene rings is 3. The fraction of sp³-hybridized carbons (Fsp3) is 0.300. The lowest BCUT2D eigenvalue weighted by atomic mass is 10.1. The molecule has 0 radical (unpaired) electrons. The summed E-state index contributed by atoms with van der Waals surface area (Å²) in [7, 11) is 2.72. The number of amides is 2. The number of anilines is 2. The van der Waals surface area contributed by atoms with Gasteiger partial charge in [-0.1, -0.05) is 17.8 Å². The molecular weight excluding hydrogens is 599 g/mol. The molecule has 0 atom stereocenters. The lowest BCUT2D eigenvalue weighted by molar-refractivity contribution is -0.138. The number of aromatic nitrogens is 2. The predicted octanol–water partition coefficient (Wildman–Crippen LogP) is 6.17. The van der Waals surface area contributed by atoms with Gasteiger partial charge in [-0.2, -0.15) is 13.2 Å². The van der Waals surface area contributed by atoms with E-state index in [0.29, 0.717) is 34.3 Å². The number of fused-ring (bicyclic) bond motifs is 1. The first-order chi connectivity index (χ1) is 21.2. The number of nitrogens with one attached hydrogen (secondary N) is 2. The number of nitrogens with zero attached hydrogens (tertiary/aromatic N) is 3. The first kappa shape index (κ1) is 31.2. The van der Waals surface area contributed by atoms with Crippen molar-refractivity contribution >= 4 is 40.1 Å². The average Bonchev–Trinajstić information content (AvgIpc) is 3.01. The molecule has 1 aliphatic heterocycles. The number of urea groups is 1. The molecule has 0 unspecified atom stereocenters. The fourth-order valence-electron chi connectivity index (χ4n) is 4.55. The number of ether oxygens (including phenoxy) is 4. The van der Waals surface area contributed by atoms with Gasteiger partial charge in [0.25, 0.3) is 0 Å². The van der Waals surface area contributed by atoms with Crippen molar-refractivity contribution in [3.63, 3.8) is 0 Å². The number of hydrogen-bond donors (Lipinski definition) is 2. The van der Waals surface area contributed by atoms with Gasteiger partial charge in [0, 0.05) is 47.4 Å². The molecule has 1 saturated heterocycles. The summed E-state index contributed by atoms with van der Waals surface area (Å²) in [5.41, 5.74) is 0.0866. The third-order valence-corrected chi connectivity index (χ3v) is 7.73. The largest absolute Gasteiger partial charge is 0.496 e. The van der Waals surface area contributed by atoms with Crippen molar-refractivity contribution in [1.82, 2.24) is 14.9 Å². The monoisotopic (exact) mass is 629 g/mol. The van der Waals surface area contributed by atoms with Crippen LogP contribution in [0.15, 0.2) is 70.8 Å². The summed E-state index contributed by atoms with van der Waals surface area (Å²) in [6.07, 6.45) is -3.17. The van der Waals surface area contributed by atoms with E-state index in [1.165, 1.54) is 24.2 Å². The molecule has 1 fully saturated rings. The van der Waals surface area contributed by atoms with Gasteiger partial charge >= 0.3 is 12.2 Å². The molecule has 44 heavy (non-hydrogen) atoms. The molecule has 14 heteroatoms. The van der Waals surface area contributed by atoms with E-state index in [1.54, 1.807) is 25.3 Å². The Hall–Kier alpha value is -4.27. The van der Waals surface area contributed by atoms with E-state index in [1.807, 2.05) is 18.2 Å². The van der Waals surface area contributed by atoms with Crippen LogP contribution in [0, 0.1) is 0 Å². The van der Waals surface area contributed by atoms with Crippen molar-refractivity contribution in [3.05, 3.63) is 66.5 Å². The molecule has 0 saturated carbocycles. The fourth-order valence-corrected chi connectivity index (χ4v) is 5.48. The second-order valence-electron chi connectivity index (χ2n) is 9.62. The number of methoxy groups -OCH3 is 2. The number of carbonyl (C=O) groups excluding carboxylic acids is 1. The van der Waals surface area contributed by atoms with Crippen LogP contribution in [0.5, 0.6) is 17.2 Å². The van der Waals surface area contributed by atoms with Gasteiger partial charge in [-0.3, -0.25) is 4.90 Å². The van der Waals surface area contributed by atoms with E-state index < -0.39 is 17.8 Å². The summed E-state index contributed by atoms with van der Waals surface area (Å²) in [5, 5.41) is 6.50. The summed E-state index contributed by atoms with van der Waals surface area (Å²) in [5.74, 6) is 0.797. The van der Waals surface area contributed by atoms with Gasteiger partial charge in [-0.05, 0) is 42.5 Å². The van der Waals surface area contributed by atoms with Crippen LogP contribution in [0.25, 0.3) is 10.9 Å². The molecule has 1 aliphatic rings. The molecule has 0 bridgehead atoms. The SMILES string of the molecule is COc1cc2c(Sc3cccc(NC(=O)Nc4ccc(OC)c(C(F)(F)F)c4)c3)ncnc2cc1OCCN1CCOCC1. The summed E-state index contributed by atoms with van der Waals surface area (Å²) in [6.45, 7) is 4.45. The highest BCUT2D eigenvalue weighted by molar-refractivity contribution is 7.99. The Morgan fingerprint density at radius 1 is 0.955 bits per heavy atom. The van der Waals surface area contributed by atoms with E-state index in [4.69, 9.17) is 18.9 Å². The first-order valence-corrected chi connectivity index (χ1v) is 14.4. The van der Waals surface area contributed by atoms with Crippen molar-refractivity contribution in [1.29, 1.82) is 0 Å². The van der Waals surface area contributed by atoms with Gasteiger partial charge in [-0.15, -0.1) is 0 Å². The van der Waals surface area contributed by atoms with Gasteiger partial charge < -0.3 is 29.6 Å². The smallest absolute Gasteiger partial charge is 0.420 e. The van der Waals surface area contributed by atoms with Gasteiger partial charge in [0.2, 0.25) is 0 Å². The molecule has 2 N–H and O–H groups in total. The lowest BCUT2D eigenvalue weighted by Crippen LogP contribution is -2.38. The Morgan fingerprint density at radius 2 is 1.70 bits per heavy atom. The quantitative estimate of drug-likeness (QED) is 0.199. The minimum absolute atomic E-state index is 0.0352. The zero-order chi connectivity index (χ0) is 31.1. The Labute approximate surface area is 255 Å². The Kier molecular flexibility index (Phi) is 9.92. The summed E-state index contributed by atoms with van der Waals surface area (Å²) in [6, 6.07) is 13.2. The first-order valence-electron chi connectivity index (χ1n) is 13.6. The van der Waals surface area contributed by atoms with Crippen LogP contribution in [0.4, 0.5) is 29.3 Å². The van der Waals surface area contributed by atoms with Gasteiger partial charge in [0.1, 0.15) is 23.7 Å². The maximum absolute atomic E-state index is 13.4. The highest BCUT2D eigenvalue weighted by atomic mass is 32.2. The number of hydrogen-bond acceptors (Lipinski definition) is 9. The van der Waals surface area contributed by atoms with Crippen LogP contribution in [0.2, 0.25) is 0 Å². The molecule has 10 nitrogen and oxygen atoms in total. The summed E-state index contributed by atoms with van der Waals surface area (Å²) < 4.78 is 61.9. The van der Waals surface area contributed by atoms with Crippen molar-refractivity contribution < 1.29 is 36.9 Å². The van der Waals surface area contributed by atoms with Crippen LogP contribution in [-0.2, 0) is 10.9 Å². The molecule has 2 amide bonds. The highest BCUT2D eigenvalue weighted by Gasteiger charge is 2.34. The van der Waals surface area contributed by atoms with E-state index in [0.717, 1.165) is 62.4 Å². The zero-order valence-electron chi connectivity index (χ0n) is 23.9. The molecular formula is C30H30F3N5O5S. The Bertz CT molecular complexity index is 1620. The van der Waals surface area contributed by atoms with Crippen molar-refractivity contribution in [2.75, 3.05) is 64.3 Å². The Morgan fingerprint density at radius 3 is 2.43 bits per heavy atom. The van der Waals surface area contributed by atoms with E-state index >= 15 is 0 Å². The van der Waals surface area contributed by atoms with E-state index in [9.17, 15) is 18.0 Å². The van der Waals surface area contributed by atoms with Crippen molar-refractivity contribution in [2.45, 2.75) is 16.1 Å². The predicted molar refractivity (Wildman–Crippen MR) is 160 cm³/mol. The lowest BCUT2D eigenvalue weighted by Gasteiger charge is -2.26. The van der Waals surface area contributed by atoms with Crippen LogP contribution in [-0.4, -0.2) is 74.6 Å². The van der Waals surface area contributed by atoms with Crippen LogP contribution in [0.3, 0.4) is 0 Å². The third kappa shape index (κ3) is 7.81. The molecule has 1 aromatic heterocycles. The van der Waals surface area contributed by atoms with Gasteiger partial charge in [0.05, 0.1) is 38.5 Å². The maximum atomic E-state index is 13.4. The minimum atomic E-state index is -4.64. The van der Waals surface area contributed by atoms with Crippen LogP contribution >= 0.6 is 11.8 Å². The number of morpholine rings is 1. The average molecular weight is 630 g/mol. The zero-order valence-corrected chi connectivity index (χ0v) is 24.8. The van der Waals surface area contributed by atoms with Crippen molar-refractivity contribution in [2.24, 2.45) is 0 Å². The molecule has 0 spiro atoms. The minimum Gasteiger partial charge on any atom is -0.496 e. The second kappa shape index (κ2) is 14.0. The maximum Gasteiger partial charge on any atom is 0.420 e. The molecule has 3 aromatic carbocycles. The van der Waals surface area contributed by atoms with Crippen LogP contribution in [0.1, 0.15) is 5.56 Å². The van der Waals surface area contributed by atoms with E-state index in [2.05, 4.69) is 25.5 Å². The standard InChI is InChI=1S/C30H30F3N5O5S/c1-40-25-7-6-20(15-23(25)30(31,32)33)37-29(39)36-19-4-3-5-21(14-19)44-28-22-16-26(41-2)27(17-24(22)34-18-35-28)43-13-10-38-8-11-42-12-9-38/h3-7,14-18H,8-13H2,1-2H3,(H2,36,37,39). The van der Waals surface area contributed by atoms with Crippen LogP contribution < -0.4 is 24.8 Å². The molecule has 0 aliphatic carbocycles. The molecule has 5 rings (SSSR count). The normalized spacial score (nSPS) is 13.8. The number of rotatable bonds is 10. The van der Waals surface area contributed by atoms with Gasteiger partial charge in [-0.25, -0.2) is 14.8 Å². The topological polar surface area (TPSA) is 107 Å². The second-order valence-corrected chi connectivity index (χ2v) is 10.7. The summed E-state index contributed by atoms with van der Waals surface area (Å²) in [4.78, 5) is 24.5. The molecule has 2 heterocycles. The molecule has 232 valence electrons. The number of halogens is 3. The molecule has 4 aromatic rings. The number of carbonyl (C=O) groups is 1. The summed E-state index contributed by atoms with van der Waals surface area (Å²) >= 11 is 1.36. The van der Waals surface area contributed by atoms with Crippen molar-refractivity contribution in [3.8, 4) is 17.2 Å². The highest BCUT2D eigenvalue weighted by Crippen LogP contribution is 2.39. The Balaban J connectivity index is 1.27. The van der Waals surface area contributed by atoms with E-state index in [-0.39, 0.29) is 11.4 Å². The third-order valence-electron chi connectivity index (χ3n) is 6.72. The van der Waals surface area contributed by atoms with Gasteiger partial charge in [0.15, 0.2) is 11.5 Å². The number of alkyl halides is 3.